The van der Waals surface area contributed by atoms with Crippen LogP contribution in [0.25, 0.3) is 5.65 Å². The van der Waals surface area contributed by atoms with Crippen molar-refractivity contribution < 1.29 is 4.79 Å². The van der Waals surface area contributed by atoms with Gasteiger partial charge in [-0.3, -0.25) is 4.79 Å². The number of carbonyl (C=O) groups excluding carboxylic acids is 1. The highest BCUT2D eigenvalue weighted by Gasteiger charge is 2.34. The molecule has 2 aromatic heterocycles. The number of fused-ring (bicyclic) bond motifs is 1. The first-order valence-corrected chi connectivity index (χ1v) is 11.8. The van der Waals surface area contributed by atoms with E-state index in [0.29, 0.717) is 5.91 Å². The number of aryl methyl sites for hydroxylation is 1. The Hall–Kier alpha value is -2.15. The molecule has 0 aromatic carbocycles. The summed E-state index contributed by atoms with van der Waals surface area (Å²) in [5, 5.41) is 4.87. The molecule has 2 atom stereocenters. The van der Waals surface area contributed by atoms with Crippen LogP contribution in [-0.2, 0) is 4.79 Å². The number of hydrogen-bond donors (Lipinski definition) is 1. The number of carbonyl (C=O) groups is 1. The van der Waals surface area contributed by atoms with Crippen LogP contribution in [0.1, 0.15) is 75.1 Å². The molecule has 0 spiro atoms. The molecule has 3 fully saturated rings. The maximum Gasteiger partial charge on any atom is 0.226 e. The Labute approximate surface area is 178 Å². The van der Waals surface area contributed by atoms with Gasteiger partial charge in [0.05, 0.1) is 11.7 Å². The fraction of sp³-hybridized carbons (Fsp3) is 0.696. The van der Waals surface area contributed by atoms with Crippen molar-refractivity contribution >= 4 is 17.4 Å². The zero-order chi connectivity index (χ0) is 20.7. The summed E-state index contributed by atoms with van der Waals surface area (Å²) in [7, 11) is 0. The lowest BCUT2D eigenvalue weighted by Gasteiger charge is -2.37. The van der Waals surface area contributed by atoms with E-state index in [2.05, 4.69) is 29.0 Å². The van der Waals surface area contributed by atoms with Gasteiger partial charge in [-0.25, -0.2) is 9.50 Å². The van der Waals surface area contributed by atoms with Gasteiger partial charge in [-0.2, -0.15) is 5.10 Å². The average Bonchev–Trinajstić information content (AvgIpc) is 3.39. The van der Waals surface area contributed by atoms with Crippen LogP contribution in [0.5, 0.6) is 0 Å². The first-order chi connectivity index (χ1) is 14.6. The van der Waals surface area contributed by atoms with Crippen molar-refractivity contribution in [2.45, 2.75) is 76.8 Å². The van der Waals surface area contributed by atoms with Gasteiger partial charge in [-0.15, -0.1) is 0 Å². The summed E-state index contributed by atoms with van der Waals surface area (Å²) in [5.41, 5.74) is 9.07. The number of anilines is 1. The van der Waals surface area contributed by atoms with E-state index in [9.17, 15) is 4.79 Å². The van der Waals surface area contributed by atoms with E-state index in [0.717, 1.165) is 80.9 Å². The van der Waals surface area contributed by atoms with Crippen molar-refractivity contribution in [2.75, 3.05) is 24.5 Å². The Balaban J connectivity index is 1.43. The highest BCUT2D eigenvalue weighted by Crippen LogP contribution is 2.35. The maximum absolute atomic E-state index is 13.3. The fourth-order valence-corrected chi connectivity index (χ4v) is 5.57. The second-order valence-electron chi connectivity index (χ2n) is 9.49. The van der Waals surface area contributed by atoms with Gasteiger partial charge in [0.25, 0.3) is 0 Å². The quantitative estimate of drug-likeness (QED) is 0.840. The standard InChI is InChI=1S/C23H34N6O/c1-16-14-29-21(25-22(16)27-12-10-18(24)15-27)13-19(26-29)20-9-5-6-11-28(20)23(30)17-7-3-2-4-8-17/h13-14,17-18,20H,2-12,15,24H2,1H3/t18-,20-/m0/s1. The normalized spacial score (nSPS) is 25.9. The van der Waals surface area contributed by atoms with Crippen molar-refractivity contribution in [3.63, 3.8) is 0 Å². The SMILES string of the molecule is Cc1cn2nc([C@@H]3CCCCN3C(=O)C3CCCCC3)cc2nc1N1CC[C@H](N)C1. The summed E-state index contributed by atoms with van der Waals surface area (Å²) in [6.07, 6.45) is 12.1. The largest absolute Gasteiger partial charge is 0.355 e. The Morgan fingerprint density at radius 2 is 1.87 bits per heavy atom. The van der Waals surface area contributed by atoms with Crippen LogP contribution in [-0.4, -0.2) is 51.1 Å². The monoisotopic (exact) mass is 410 g/mol. The molecule has 0 bridgehead atoms. The Morgan fingerprint density at radius 3 is 2.63 bits per heavy atom. The molecule has 1 saturated carbocycles. The highest BCUT2D eigenvalue weighted by molar-refractivity contribution is 5.79. The van der Waals surface area contributed by atoms with Gasteiger partial charge < -0.3 is 15.5 Å². The number of amides is 1. The topological polar surface area (TPSA) is 79.8 Å². The summed E-state index contributed by atoms with van der Waals surface area (Å²) in [6.45, 7) is 4.76. The molecule has 0 unspecified atom stereocenters. The average molecular weight is 411 g/mol. The van der Waals surface area contributed by atoms with Gasteiger partial charge in [0.2, 0.25) is 5.91 Å². The van der Waals surface area contributed by atoms with Crippen LogP contribution >= 0.6 is 0 Å². The van der Waals surface area contributed by atoms with Gasteiger partial charge in [-0.1, -0.05) is 19.3 Å². The van der Waals surface area contributed by atoms with E-state index < -0.39 is 0 Å². The minimum atomic E-state index is 0.0823. The smallest absolute Gasteiger partial charge is 0.226 e. The zero-order valence-electron chi connectivity index (χ0n) is 18.1. The van der Waals surface area contributed by atoms with Crippen molar-refractivity contribution in [3.05, 3.63) is 23.5 Å². The molecule has 3 aliphatic rings. The Morgan fingerprint density at radius 1 is 1.07 bits per heavy atom. The van der Waals surface area contributed by atoms with Crippen LogP contribution in [0.3, 0.4) is 0 Å². The zero-order valence-corrected chi connectivity index (χ0v) is 18.1. The summed E-state index contributed by atoms with van der Waals surface area (Å²) in [6, 6.07) is 2.40. The molecular formula is C23H34N6O. The number of aromatic nitrogens is 3. The van der Waals surface area contributed by atoms with Crippen molar-refractivity contribution in [2.24, 2.45) is 11.7 Å². The highest BCUT2D eigenvalue weighted by atomic mass is 16.2. The molecule has 162 valence electrons. The van der Waals surface area contributed by atoms with Gasteiger partial charge in [-0.05, 0) is 45.4 Å². The maximum atomic E-state index is 13.3. The van der Waals surface area contributed by atoms with Crippen molar-refractivity contribution in [1.82, 2.24) is 19.5 Å². The van der Waals surface area contributed by atoms with E-state index in [1.54, 1.807) is 0 Å². The van der Waals surface area contributed by atoms with Crippen LogP contribution < -0.4 is 10.6 Å². The summed E-state index contributed by atoms with van der Waals surface area (Å²) < 4.78 is 1.89. The number of likely N-dealkylation sites (tertiary alicyclic amines) is 1. The third-order valence-corrected chi connectivity index (χ3v) is 7.23. The molecule has 4 heterocycles. The van der Waals surface area contributed by atoms with E-state index >= 15 is 0 Å². The fourth-order valence-electron chi connectivity index (χ4n) is 5.57. The number of rotatable bonds is 3. The molecule has 5 rings (SSSR count). The van der Waals surface area contributed by atoms with E-state index in [1.165, 1.54) is 19.3 Å². The molecule has 0 radical (unpaired) electrons. The first kappa shape index (κ1) is 19.8. The van der Waals surface area contributed by atoms with Crippen LogP contribution in [0.15, 0.2) is 12.3 Å². The van der Waals surface area contributed by atoms with E-state index in [-0.39, 0.29) is 18.0 Å². The second-order valence-corrected chi connectivity index (χ2v) is 9.49. The summed E-state index contributed by atoms with van der Waals surface area (Å²) in [5.74, 6) is 1.58. The molecule has 2 aliphatic heterocycles. The summed E-state index contributed by atoms with van der Waals surface area (Å²) >= 11 is 0. The molecule has 2 N–H and O–H groups in total. The number of nitrogens with two attached hydrogens (primary N) is 1. The number of hydrogen-bond acceptors (Lipinski definition) is 5. The molecule has 7 heteroatoms. The van der Waals surface area contributed by atoms with E-state index in [1.807, 2.05) is 4.52 Å². The number of piperidine rings is 1. The van der Waals surface area contributed by atoms with Crippen LogP contribution in [0, 0.1) is 12.8 Å². The summed E-state index contributed by atoms with van der Waals surface area (Å²) in [4.78, 5) is 22.7. The molecule has 7 nitrogen and oxygen atoms in total. The first-order valence-electron chi connectivity index (χ1n) is 11.8. The third kappa shape index (κ3) is 3.68. The Bertz CT molecular complexity index is 918. The van der Waals surface area contributed by atoms with Gasteiger partial charge in [0, 0.05) is 49.4 Å². The predicted molar refractivity (Wildman–Crippen MR) is 117 cm³/mol. The molecule has 2 aromatic rings. The van der Waals surface area contributed by atoms with Gasteiger partial charge in [0.1, 0.15) is 5.82 Å². The number of nitrogens with zero attached hydrogens (tertiary/aromatic N) is 5. The molecule has 1 amide bonds. The van der Waals surface area contributed by atoms with Crippen LogP contribution in [0.4, 0.5) is 5.82 Å². The third-order valence-electron chi connectivity index (χ3n) is 7.23. The lowest BCUT2D eigenvalue weighted by molar-refractivity contribution is -0.140. The molecule has 30 heavy (non-hydrogen) atoms. The molecular weight excluding hydrogens is 376 g/mol. The lowest BCUT2D eigenvalue weighted by atomic mass is 9.87. The lowest BCUT2D eigenvalue weighted by Crippen LogP contribution is -2.42. The Kier molecular flexibility index (Phi) is 5.39. The van der Waals surface area contributed by atoms with Crippen LogP contribution in [0.2, 0.25) is 0 Å². The van der Waals surface area contributed by atoms with Crippen molar-refractivity contribution in [3.8, 4) is 0 Å². The van der Waals surface area contributed by atoms with Gasteiger partial charge in [0.15, 0.2) is 5.65 Å². The van der Waals surface area contributed by atoms with Crippen molar-refractivity contribution in [1.29, 1.82) is 0 Å². The van der Waals surface area contributed by atoms with Gasteiger partial charge >= 0.3 is 0 Å². The predicted octanol–water partition coefficient (Wildman–Crippen LogP) is 3.21. The minimum absolute atomic E-state index is 0.0823. The minimum Gasteiger partial charge on any atom is -0.355 e. The molecule has 2 saturated heterocycles. The van der Waals surface area contributed by atoms with E-state index in [4.69, 9.17) is 15.8 Å². The second kappa shape index (κ2) is 8.17. The molecule has 1 aliphatic carbocycles.